The molecule has 0 unspecified atom stereocenters. The summed E-state index contributed by atoms with van der Waals surface area (Å²) in [6.45, 7) is 2.02. The molecule has 1 aromatic rings. The maximum absolute atomic E-state index is 13.6. The van der Waals surface area contributed by atoms with Gasteiger partial charge in [-0.15, -0.1) is 0 Å². The summed E-state index contributed by atoms with van der Waals surface area (Å²) < 4.78 is 45.6. The van der Waals surface area contributed by atoms with E-state index in [1.54, 1.807) is 24.3 Å². The number of hydrogen-bond acceptors (Lipinski definition) is 4. The Bertz CT molecular complexity index is 558. The van der Waals surface area contributed by atoms with Gasteiger partial charge in [0.05, 0.1) is 0 Å². The van der Waals surface area contributed by atoms with Gasteiger partial charge in [-0.1, -0.05) is 17.7 Å². The van der Waals surface area contributed by atoms with Crippen LogP contribution >= 0.6 is 0 Å². The highest BCUT2D eigenvalue weighted by molar-refractivity contribution is 5.79. The van der Waals surface area contributed by atoms with E-state index < -0.39 is 24.0 Å². The molecule has 2 fully saturated rings. The van der Waals surface area contributed by atoms with Crippen molar-refractivity contribution in [3.63, 3.8) is 0 Å². The number of benzene rings is 1. The number of rotatable bonds is 2. The molecule has 4 nitrogen and oxygen atoms in total. The zero-order valence-electron chi connectivity index (χ0n) is 11.4. The Balaban J connectivity index is 1.98. The van der Waals surface area contributed by atoms with E-state index in [0.717, 1.165) is 10.5 Å². The van der Waals surface area contributed by atoms with E-state index in [0.29, 0.717) is 12.8 Å². The zero-order valence-corrected chi connectivity index (χ0v) is 11.4. The number of hydrogen-bond donors (Lipinski definition) is 1. The van der Waals surface area contributed by atoms with Crippen LogP contribution in [0.3, 0.4) is 0 Å². The van der Waals surface area contributed by atoms with Gasteiger partial charge >= 0.3 is 18.0 Å². The topological polar surface area (TPSA) is 41.6 Å². The Hall–Kier alpha value is -1.76. The molecule has 3 rings (SSSR count). The molecule has 2 atom stereocenters. The molecule has 2 saturated heterocycles. The van der Waals surface area contributed by atoms with Crippen molar-refractivity contribution < 1.29 is 22.7 Å². The fourth-order valence-corrected chi connectivity index (χ4v) is 2.88. The molecule has 2 heterocycles. The van der Waals surface area contributed by atoms with Crippen LogP contribution in [0.25, 0.3) is 0 Å². The summed E-state index contributed by atoms with van der Waals surface area (Å²) in [4.78, 5) is 12.8. The first kappa shape index (κ1) is 14.2. The van der Waals surface area contributed by atoms with Crippen molar-refractivity contribution in [2.75, 3.05) is 11.9 Å². The normalized spacial score (nSPS) is 29.3. The van der Waals surface area contributed by atoms with E-state index in [1.807, 2.05) is 6.92 Å². The number of halogens is 3. The standard InChI is InChI=1S/C14H15F3N2O2/c1-9-4-6-10(7-5-9)18-14(13(15,16)17)19-8-2-3-11(19)12(20)21-14/h4-7,11,18H,2-3,8H2,1H3/t11-,14-/m1/s1. The third-order valence-electron chi connectivity index (χ3n) is 3.93. The summed E-state index contributed by atoms with van der Waals surface area (Å²) in [5.74, 6) is -3.58. The molecular weight excluding hydrogens is 285 g/mol. The number of esters is 1. The molecule has 0 radical (unpaired) electrons. The zero-order chi connectivity index (χ0) is 15.3. The van der Waals surface area contributed by atoms with Crippen molar-refractivity contribution in [2.45, 2.75) is 37.8 Å². The second kappa shape index (κ2) is 4.62. The second-order valence-corrected chi connectivity index (χ2v) is 5.41. The Labute approximate surface area is 119 Å². The maximum atomic E-state index is 13.6. The monoisotopic (exact) mass is 300 g/mol. The van der Waals surface area contributed by atoms with Crippen molar-refractivity contribution >= 4 is 11.7 Å². The van der Waals surface area contributed by atoms with Crippen molar-refractivity contribution in [1.29, 1.82) is 0 Å². The lowest BCUT2D eigenvalue weighted by atomic mass is 10.2. The molecule has 0 amide bonds. The Morgan fingerprint density at radius 2 is 2.00 bits per heavy atom. The van der Waals surface area contributed by atoms with Gasteiger partial charge in [-0.2, -0.15) is 13.2 Å². The number of nitrogens with one attached hydrogen (secondary N) is 1. The van der Waals surface area contributed by atoms with Gasteiger partial charge in [0.15, 0.2) is 0 Å². The summed E-state index contributed by atoms with van der Waals surface area (Å²) in [6.07, 6.45) is -3.79. The SMILES string of the molecule is Cc1ccc(N[C@@]2(C(F)(F)F)OC(=O)[C@H]3CCCN32)cc1. The van der Waals surface area contributed by atoms with Crippen LogP contribution in [0.1, 0.15) is 18.4 Å². The molecule has 0 spiro atoms. The van der Waals surface area contributed by atoms with Gasteiger partial charge in [0, 0.05) is 12.2 Å². The highest BCUT2D eigenvalue weighted by Gasteiger charge is 2.70. The molecule has 0 aliphatic carbocycles. The molecular formula is C14H15F3N2O2. The van der Waals surface area contributed by atoms with Gasteiger partial charge in [-0.05, 0) is 31.9 Å². The third kappa shape index (κ3) is 2.16. The molecule has 114 valence electrons. The van der Waals surface area contributed by atoms with Gasteiger partial charge in [-0.25, -0.2) is 4.90 Å². The van der Waals surface area contributed by atoms with E-state index in [-0.39, 0.29) is 12.2 Å². The molecule has 1 aromatic carbocycles. The number of alkyl halides is 3. The van der Waals surface area contributed by atoms with E-state index in [9.17, 15) is 18.0 Å². The van der Waals surface area contributed by atoms with E-state index >= 15 is 0 Å². The third-order valence-corrected chi connectivity index (χ3v) is 3.93. The highest BCUT2D eigenvalue weighted by atomic mass is 19.4. The van der Waals surface area contributed by atoms with E-state index in [4.69, 9.17) is 4.74 Å². The lowest BCUT2D eigenvalue weighted by Gasteiger charge is -2.37. The van der Waals surface area contributed by atoms with Crippen molar-refractivity contribution in [1.82, 2.24) is 4.90 Å². The first-order valence-corrected chi connectivity index (χ1v) is 6.75. The number of aryl methyl sites for hydroxylation is 1. The smallest absolute Gasteiger partial charge is 0.414 e. The first-order valence-electron chi connectivity index (χ1n) is 6.75. The van der Waals surface area contributed by atoms with Gasteiger partial charge in [0.2, 0.25) is 0 Å². The molecule has 0 saturated carbocycles. The maximum Gasteiger partial charge on any atom is 0.465 e. The summed E-state index contributed by atoms with van der Waals surface area (Å²) in [7, 11) is 0. The lowest BCUT2D eigenvalue weighted by Crippen LogP contribution is -2.62. The fourth-order valence-electron chi connectivity index (χ4n) is 2.88. The van der Waals surface area contributed by atoms with E-state index in [2.05, 4.69) is 5.32 Å². The van der Waals surface area contributed by atoms with Gasteiger partial charge < -0.3 is 10.1 Å². The van der Waals surface area contributed by atoms with Crippen LogP contribution in [-0.2, 0) is 9.53 Å². The van der Waals surface area contributed by atoms with Crippen LogP contribution in [0.15, 0.2) is 24.3 Å². The summed E-state index contributed by atoms with van der Waals surface area (Å²) in [5, 5.41) is 2.38. The summed E-state index contributed by atoms with van der Waals surface area (Å²) in [5.41, 5.74) is 1.20. The number of ether oxygens (including phenoxy) is 1. The number of fused-ring (bicyclic) bond motifs is 1. The molecule has 21 heavy (non-hydrogen) atoms. The Kier molecular flexibility index (Phi) is 3.12. The summed E-state index contributed by atoms with van der Waals surface area (Å²) in [6, 6.07) is 5.67. The number of carbonyl (C=O) groups excluding carboxylic acids is 1. The van der Waals surface area contributed by atoms with Gasteiger partial charge in [0.25, 0.3) is 0 Å². The first-order chi connectivity index (χ1) is 9.83. The molecule has 2 aliphatic heterocycles. The van der Waals surface area contributed by atoms with Crippen LogP contribution in [0.4, 0.5) is 18.9 Å². The van der Waals surface area contributed by atoms with Crippen LogP contribution in [0.2, 0.25) is 0 Å². The largest absolute Gasteiger partial charge is 0.465 e. The fraction of sp³-hybridized carbons (Fsp3) is 0.500. The Morgan fingerprint density at radius 3 is 2.62 bits per heavy atom. The van der Waals surface area contributed by atoms with Crippen LogP contribution < -0.4 is 5.32 Å². The van der Waals surface area contributed by atoms with Crippen molar-refractivity contribution in [2.24, 2.45) is 0 Å². The lowest BCUT2D eigenvalue weighted by molar-refractivity contribution is -0.286. The number of anilines is 1. The van der Waals surface area contributed by atoms with Gasteiger partial charge in [0.1, 0.15) is 6.04 Å². The quantitative estimate of drug-likeness (QED) is 0.853. The van der Waals surface area contributed by atoms with Crippen LogP contribution in [0.5, 0.6) is 0 Å². The minimum Gasteiger partial charge on any atom is -0.414 e. The van der Waals surface area contributed by atoms with Gasteiger partial charge in [-0.3, -0.25) is 4.79 Å². The number of nitrogens with zero attached hydrogens (tertiary/aromatic N) is 1. The highest BCUT2D eigenvalue weighted by Crippen LogP contribution is 2.45. The Morgan fingerprint density at radius 1 is 1.33 bits per heavy atom. The average molecular weight is 300 g/mol. The molecule has 7 heteroatoms. The predicted molar refractivity (Wildman–Crippen MR) is 69.4 cm³/mol. The predicted octanol–water partition coefficient (Wildman–Crippen LogP) is 2.64. The van der Waals surface area contributed by atoms with Crippen LogP contribution in [-0.4, -0.2) is 35.5 Å². The molecule has 0 bridgehead atoms. The molecule has 1 N–H and O–H groups in total. The second-order valence-electron chi connectivity index (χ2n) is 5.41. The minimum atomic E-state index is -4.73. The number of cyclic esters (lactones) is 1. The number of carbonyl (C=O) groups is 1. The van der Waals surface area contributed by atoms with E-state index in [1.165, 1.54) is 0 Å². The van der Waals surface area contributed by atoms with Crippen LogP contribution in [0, 0.1) is 6.92 Å². The minimum absolute atomic E-state index is 0.175. The summed E-state index contributed by atoms with van der Waals surface area (Å²) >= 11 is 0. The average Bonchev–Trinajstić information content (AvgIpc) is 2.96. The van der Waals surface area contributed by atoms with Crippen molar-refractivity contribution in [3.05, 3.63) is 29.8 Å². The molecule has 2 aliphatic rings. The molecule has 0 aromatic heterocycles. The van der Waals surface area contributed by atoms with Crippen molar-refractivity contribution in [3.8, 4) is 0 Å².